The molecule has 0 bridgehead atoms. The van der Waals surface area contributed by atoms with E-state index in [1.165, 1.54) is 0 Å². The normalized spacial score (nSPS) is 32.2. The molecule has 1 aliphatic rings. The summed E-state index contributed by atoms with van der Waals surface area (Å²) in [7, 11) is -2.41. The van der Waals surface area contributed by atoms with Crippen LogP contribution in [0, 0.1) is 0 Å². The molecule has 0 spiro atoms. The standard InChI is InChI=1S/C10H11O2P/c11-9-6-7-13(12,8-9)10-4-2-1-3-5-10/h1-7,9,11H,8H2/t9-,13+/m1/s1. The van der Waals surface area contributed by atoms with Gasteiger partial charge in [-0.2, -0.15) is 0 Å². The van der Waals surface area contributed by atoms with Crippen LogP contribution in [-0.4, -0.2) is 17.4 Å². The molecule has 0 unspecified atom stereocenters. The Balaban J connectivity index is 2.38. The SMILES string of the molecule is O=[P@@]1(c2ccccc2)C=C[C@@H](O)C1. The summed E-state index contributed by atoms with van der Waals surface area (Å²) >= 11 is 0. The monoisotopic (exact) mass is 194 g/mol. The minimum Gasteiger partial charge on any atom is -0.389 e. The summed E-state index contributed by atoms with van der Waals surface area (Å²) in [6.07, 6.45) is 1.44. The van der Waals surface area contributed by atoms with Crippen molar-refractivity contribution in [3.05, 3.63) is 42.2 Å². The van der Waals surface area contributed by atoms with Gasteiger partial charge in [-0.3, -0.25) is 0 Å². The molecule has 0 fully saturated rings. The Kier molecular flexibility index (Phi) is 2.10. The van der Waals surface area contributed by atoms with Gasteiger partial charge < -0.3 is 9.67 Å². The van der Waals surface area contributed by atoms with Gasteiger partial charge in [-0.05, 0) is 5.82 Å². The quantitative estimate of drug-likeness (QED) is 0.689. The average Bonchev–Trinajstić information content (AvgIpc) is 2.49. The fourth-order valence-electron chi connectivity index (χ4n) is 1.51. The van der Waals surface area contributed by atoms with Crippen molar-refractivity contribution in [2.45, 2.75) is 6.10 Å². The van der Waals surface area contributed by atoms with Crippen molar-refractivity contribution < 1.29 is 9.67 Å². The highest BCUT2D eigenvalue weighted by atomic mass is 31.2. The topological polar surface area (TPSA) is 37.3 Å². The number of benzene rings is 1. The van der Waals surface area contributed by atoms with Crippen molar-refractivity contribution in [2.75, 3.05) is 6.16 Å². The van der Waals surface area contributed by atoms with Crippen molar-refractivity contribution in [3.8, 4) is 0 Å². The molecular weight excluding hydrogens is 183 g/mol. The van der Waals surface area contributed by atoms with Gasteiger partial charge in [-0.25, -0.2) is 0 Å². The van der Waals surface area contributed by atoms with Crippen LogP contribution < -0.4 is 5.30 Å². The molecule has 2 nitrogen and oxygen atoms in total. The van der Waals surface area contributed by atoms with E-state index in [-0.39, 0.29) is 0 Å². The third-order valence-electron chi connectivity index (χ3n) is 2.20. The molecule has 2 rings (SSSR count). The van der Waals surface area contributed by atoms with E-state index in [9.17, 15) is 9.67 Å². The van der Waals surface area contributed by atoms with E-state index in [0.717, 1.165) is 5.30 Å². The number of hydrogen-bond donors (Lipinski definition) is 1. The third kappa shape index (κ3) is 1.60. The maximum absolute atomic E-state index is 12.2. The van der Waals surface area contributed by atoms with Gasteiger partial charge in [-0.15, -0.1) is 0 Å². The molecule has 1 aromatic carbocycles. The zero-order valence-electron chi connectivity index (χ0n) is 7.13. The first-order valence-corrected chi connectivity index (χ1v) is 6.19. The molecule has 1 heterocycles. The lowest BCUT2D eigenvalue weighted by Crippen LogP contribution is -2.09. The van der Waals surface area contributed by atoms with Gasteiger partial charge in [-0.1, -0.05) is 36.4 Å². The van der Waals surface area contributed by atoms with Gasteiger partial charge in [0, 0.05) is 11.5 Å². The number of aliphatic hydroxyl groups excluding tert-OH is 1. The van der Waals surface area contributed by atoms with E-state index in [1.54, 1.807) is 11.9 Å². The lowest BCUT2D eigenvalue weighted by atomic mass is 10.4. The predicted molar refractivity (Wildman–Crippen MR) is 53.7 cm³/mol. The minimum atomic E-state index is -2.41. The maximum atomic E-state index is 12.2. The van der Waals surface area contributed by atoms with Crippen LogP contribution in [-0.2, 0) is 4.57 Å². The van der Waals surface area contributed by atoms with Crippen molar-refractivity contribution in [2.24, 2.45) is 0 Å². The van der Waals surface area contributed by atoms with Crippen molar-refractivity contribution in [3.63, 3.8) is 0 Å². The van der Waals surface area contributed by atoms with E-state index in [4.69, 9.17) is 0 Å². The number of aliphatic hydroxyl groups is 1. The number of hydrogen-bond acceptors (Lipinski definition) is 2. The molecule has 1 aliphatic heterocycles. The fourth-order valence-corrected chi connectivity index (χ4v) is 3.85. The molecular formula is C10H11O2P. The molecule has 0 aliphatic carbocycles. The van der Waals surface area contributed by atoms with E-state index in [2.05, 4.69) is 0 Å². The molecule has 0 saturated heterocycles. The van der Waals surface area contributed by atoms with Gasteiger partial charge in [0.1, 0.15) is 7.14 Å². The van der Waals surface area contributed by atoms with E-state index < -0.39 is 13.2 Å². The van der Waals surface area contributed by atoms with Crippen molar-refractivity contribution in [1.29, 1.82) is 0 Å². The smallest absolute Gasteiger partial charge is 0.139 e. The largest absolute Gasteiger partial charge is 0.389 e. The zero-order valence-corrected chi connectivity index (χ0v) is 8.02. The summed E-state index contributed by atoms with van der Waals surface area (Å²) < 4.78 is 12.2. The summed E-state index contributed by atoms with van der Waals surface area (Å²) in [5.41, 5.74) is 0. The Hall–Kier alpha value is -0.850. The lowest BCUT2D eigenvalue weighted by Gasteiger charge is -2.09. The molecule has 2 atom stereocenters. The van der Waals surface area contributed by atoms with Gasteiger partial charge in [0.05, 0.1) is 6.10 Å². The van der Waals surface area contributed by atoms with Crippen LogP contribution >= 0.6 is 7.14 Å². The summed E-state index contributed by atoms with van der Waals surface area (Å²) in [4.78, 5) is 0. The second kappa shape index (κ2) is 3.13. The molecule has 1 N–H and O–H groups in total. The van der Waals surface area contributed by atoms with E-state index >= 15 is 0 Å². The fraction of sp³-hybridized carbons (Fsp3) is 0.200. The summed E-state index contributed by atoms with van der Waals surface area (Å²) in [6, 6.07) is 9.33. The Morgan fingerprint density at radius 1 is 1.31 bits per heavy atom. The maximum Gasteiger partial charge on any atom is 0.139 e. The zero-order chi connectivity index (χ0) is 9.31. The first-order valence-electron chi connectivity index (χ1n) is 4.22. The van der Waals surface area contributed by atoms with Gasteiger partial charge >= 0.3 is 0 Å². The van der Waals surface area contributed by atoms with Gasteiger partial charge in [0.2, 0.25) is 0 Å². The Morgan fingerprint density at radius 3 is 2.54 bits per heavy atom. The highest BCUT2D eigenvalue weighted by molar-refractivity contribution is 7.74. The Bertz CT molecular complexity index is 370. The first kappa shape index (κ1) is 8.74. The van der Waals surface area contributed by atoms with Crippen molar-refractivity contribution in [1.82, 2.24) is 0 Å². The second-order valence-corrected chi connectivity index (χ2v) is 5.99. The Morgan fingerprint density at radius 2 is 2.00 bits per heavy atom. The molecule has 3 heteroatoms. The summed E-state index contributed by atoms with van der Waals surface area (Å²) in [5.74, 6) is 1.66. The highest BCUT2D eigenvalue weighted by Crippen LogP contribution is 2.50. The molecule has 13 heavy (non-hydrogen) atoms. The van der Waals surface area contributed by atoms with Crippen LogP contribution in [0.25, 0.3) is 0 Å². The molecule has 0 saturated carbocycles. The van der Waals surface area contributed by atoms with Gasteiger partial charge in [0.25, 0.3) is 0 Å². The Labute approximate surface area is 77.3 Å². The van der Waals surface area contributed by atoms with Crippen LogP contribution in [0.15, 0.2) is 42.2 Å². The summed E-state index contributed by atoms with van der Waals surface area (Å²) in [6.45, 7) is 0. The minimum absolute atomic E-state index is 0.358. The number of rotatable bonds is 1. The molecule has 68 valence electrons. The van der Waals surface area contributed by atoms with Crippen molar-refractivity contribution >= 4 is 12.4 Å². The van der Waals surface area contributed by atoms with Crippen LogP contribution in [0.5, 0.6) is 0 Å². The second-order valence-electron chi connectivity index (χ2n) is 3.22. The van der Waals surface area contributed by atoms with Crippen LogP contribution in [0.2, 0.25) is 0 Å². The molecule has 0 aromatic heterocycles. The van der Waals surface area contributed by atoms with Crippen LogP contribution in [0.1, 0.15) is 0 Å². The van der Waals surface area contributed by atoms with E-state index in [0.29, 0.717) is 6.16 Å². The third-order valence-corrected chi connectivity index (χ3v) is 4.94. The molecule has 0 radical (unpaired) electrons. The van der Waals surface area contributed by atoms with Gasteiger partial charge in [0.15, 0.2) is 0 Å². The van der Waals surface area contributed by atoms with Crippen LogP contribution in [0.4, 0.5) is 0 Å². The lowest BCUT2D eigenvalue weighted by molar-refractivity contribution is 0.249. The van der Waals surface area contributed by atoms with Crippen LogP contribution in [0.3, 0.4) is 0 Å². The van der Waals surface area contributed by atoms with E-state index in [1.807, 2.05) is 30.3 Å². The predicted octanol–water partition coefficient (Wildman–Crippen LogP) is 1.56. The highest BCUT2D eigenvalue weighted by Gasteiger charge is 2.28. The first-order chi connectivity index (χ1) is 6.21. The molecule has 1 aromatic rings. The average molecular weight is 194 g/mol. The summed E-state index contributed by atoms with van der Waals surface area (Å²) in [5, 5.41) is 10.1. The molecule has 0 amide bonds.